The van der Waals surface area contributed by atoms with Gasteiger partial charge in [0, 0.05) is 34.0 Å². The summed E-state index contributed by atoms with van der Waals surface area (Å²) in [5.74, 6) is 0.852. The van der Waals surface area contributed by atoms with Crippen LogP contribution < -0.4 is 10.1 Å². The Kier molecular flexibility index (Phi) is 3.33. The van der Waals surface area contributed by atoms with Crippen molar-refractivity contribution in [3.63, 3.8) is 0 Å². The van der Waals surface area contributed by atoms with Gasteiger partial charge in [-0.1, -0.05) is 19.1 Å². The fourth-order valence-corrected chi connectivity index (χ4v) is 2.37. The van der Waals surface area contributed by atoms with E-state index in [9.17, 15) is 0 Å². The number of nitrogens with one attached hydrogen (secondary N) is 2. The van der Waals surface area contributed by atoms with Gasteiger partial charge in [0.15, 0.2) is 0 Å². The van der Waals surface area contributed by atoms with E-state index in [1.807, 2.05) is 24.3 Å². The predicted molar refractivity (Wildman–Crippen MR) is 84.0 cm³/mol. The highest BCUT2D eigenvalue weighted by Crippen LogP contribution is 2.28. The van der Waals surface area contributed by atoms with Gasteiger partial charge in [0.2, 0.25) is 0 Å². The number of benzene rings is 2. The molecule has 1 heterocycles. The number of aromatic amines is 1. The molecule has 3 aromatic rings. The van der Waals surface area contributed by atoms with Gasteiger partial charge in [-0.25, -0.2) is 0 Å². The average molecular weight is 266 g/mol. The van der Waals surface area contributed by atoms with Crippen LogP contribution in [0.3, 0.4) is 0 Å². The first-order valence-electron chi connectivity index (χ1n) is 6.82. The molecule has 0 radical (unpaired) electrons. The van der Waals surface area contributed by atoms with Crippen molar-refractivity contribution in [2.45, 2.75) is 13.3 Å². The van der Waals surface area contributed by atoms with Crippen molar-refractivity contribution in [2.24, 2.45) is 0 Å². The van der Waals surface area contributed by atoms with Crippen LogP contribution in [-0.4, -0.2) is 12.1 Å². The number of fused-ring (bicyclic) bond motifs is 1. The zero-order valence-electron chi connectivity index (χ0n) is 11.7. The number of aryl methyl sites for hydroxylation is 1. The van der Waals surface area contributed by atoms with E-state index in [1.165, 1.54) is 11.1 Å². The van der Waals surface area contributed by atoms with Gasteiger partial charge in [-0.15, -0.1) is 0 Å². The second kappa shape index (κ2) is 5.29. The number of methoxy groups -OCH3 is 1. The third-order valence-corrected chi connectivity index (χ3v) is 3.45. The average Bonchev–Trinajstić information content (AvgIpc) is 2.92. The van der Waals surface area contributed by atoms with Crippen molar-refractivity contribution in [2.75, 3.05) is 12.4 Å². The smallest absolute Gasteiger partial charge is 0.120 e. The van der Waals surface area contributed by atoms with Crippen molar-refractivity contribution in [1.29, 1.82) is 0 Å². The SMILES string of the molecule is CCc1cc2c(Nc3cccc(OC)c3)cccc2[nH]1. The maximum absolute atomic E-state index is 5.26. The number of H-pyrrole nitrogens is 1. The topological polar surface area (TPSA) is 37.0 Å². The molecule has 102 valence electrons. The molecule has 0 atom stereocenters. The van der Waals surface area contributed by atoms with Crippen molar-refractivity contribution in [1.82, 2.24) is 4.98 Å². The molecule has 0 saturated carbocycles. The maximum Gasteiger partial charge on any atom is 0.120 e. The monoisotopic (exact) mass is 266 g/mol. The van der Waals surface area contributed by atoms with Gasteiger partial charge in [0.25, 0.3) is 0 Å². The zero-order valence-corrected chi connectivity index (χ0v) is 11.7. The van der Waals surface area contributed by atoms with Crippen LogP contribution in [0.4, 0.5) is 11.4 Å². The first-order valence-corrected chi connectivity index (χ1v) is 6.82. The summed E-state index contributed by atoms with van der Waals surface area (Å²) >= 11 is 0. The zero-order chi connectivity index (χ0) is 13.9. The van der Waals surface area contributed by atoms with Crippen molar-refractivity contribution >= 4 is 22.3 Å². The number of ether oxygens (including phenoxy) is 1. The van der Waals surface area contributed by atoms with E-state index in [-0.39, 0.29) is 0 Å². The molecule has 0 saturated heterocycles. The summed E-state index contributed by atoms with van der Waals surface area (Å²) in [5.41, 5.74) is 4.54. The van der Waals surface area contributed by atoms with Crippen LogP contribution in [0.2, 0.25) is 0 Å². The molecule has 3 heteroatoms. The van der Waals surface area contributed by atoms with Crippen LogP contribution in [0.15, 0.2) is 48.5 Å². The van der Waals surface area contributed by atoms with E-state index in [0.29, 0.717) is 0 Å². The Morgan fingerprint density at radius 2 is 1.95 bits per heavy atom. The van der Waals surface area contributed by atoms with Crippen LogP contribution in [0.5, 0.6) is 5.75 Å². The van der Waals surface area contributed by atoms with Gasteiger partial charge in [0.05, 0.1) is 7.11 Å². The van der Waals surface area contributed by atoms with Gasteiger partial charge in [-0.2, -0.15) is 0 Å². The largest absolute Gasteiger partial charge is 0.497 e. The predicted octanol–water partition coefficient (Wildman–Crippen LogP) is 4.48. The molecule has 3 rings (SSSR count). The number of rotatable bonds is 4. The molecule has 0 bridgehead atoms. The maximum atomic E-state index is 5.26. The summed E-state index contributed by atoms with van der Waals surface area (Å²) in [6, 6.07) is 16.4. The van der Waals surface area contributed by atoms with E-state index in [2.05, 4.69) is 41.5 Å². The third-order valence-electron chi connectivity index (χ3n) is 3.45. The Bertz CT molecular complexity index is 731. The molecule has 0 aliphatic rings. The van der Waals surface area contributed by atoms with E-state index in [0.717, 1.165) is 29.1 Å². The van der Waals surface area contributed by atoms with Gasteiger partial charge < -0.3 is 15.0 Å². The first-order chi connectivity index (χ1) is 9.80. The Morgan fingerprint density at radius 3 is 2.75 bits per heavy atom. The Hall–Kier alpha value is -2.42. The molecule has 0 amide bonds. The summed E-state index contributed by atoms with van der Waals surface area (Å²) in [4.78, 5) is 3.43. The number of hydrogen-bond donors (Lipinski definition) is 2. The van der Waals surface area contributed by atoms with Crippen LogP contribution >= 0.6 is 0 Å². The molecule has 20 heavy (non-hydrogen) atoms. The second-order valence-electron chi connectivity index (χ2n) is 4.77. The van der Waals surface area contributed by atoms with Gasteiger partial charge in [-0.3, -0.25) is 0 Å². The van der Waals surface area contributed by atoms with Crippen molar-refractivity contribution in [3.8, 4) is 5.75 Å². The lowest BCUT2D eigenvalue weighted by Crippen LogP contribution is -1.91. The van der Waals surface area contributed by atoms with Gasteiger partial charge >= 0.3 is 0 Å². The molecule has 2 aromatic carbocycles. The van der Waals surface area contributed by atoms with Crippen LogP contribution in [0, 0.1) is 0 Å². The Balaban J connectivity index is 1.99. The van der Waals surface area contributed by atoms with E-state index < -0.39 is 0 Å². The third kappa shape index (κ3) is 2.35. The van der Waals surface area contributed by atoms with E-state index in [1.54, 1.807) is 7.11 Å². The summed E-state index contributed by atoms with van der Waals surface area (Å²) in [6.45, 7) is 2.15. The Morgan fingerprint density at radius 1 is 1.10 bits per heavy atom. The second-order valence-corrected chi connectivity index (χ2v) is 4.77. The van der Waals surface area contributed by atoms with Crippen LogP contribution in [0.1, 0.15) is 12.6 Å². The fourth-order valence-electron chi connectivity index (χ4n) is 2.37. The van der Waals surface area contributed by atoms with Crippen LogP contribution in [-0.2, 0) is 6.42 Å². The number of aromatic nitrogens is 1. The molecule has 3 nitrogen and oxygen atoms in total. The van der Waals surface area contributed by atoms with E-state index >= 15 is 0 Å². The highest BCUT2D eigenvalue weighted by molar-refractivity contribution is 5.94. The highest BCUT2D eigenvalue weighted by Gasteiger charge is 2.05. The number of anilines is 2. The molecule has 0 unspecified atom stereocenters. The molecule has 0 aliphatic carbocycles. The Labute approximate surface area is 118 Å². The minimum absolute atomic E-state index is 0.852. The lowest BCUT2D eigenvalue weighted by atomic mass is 10.2. The molecular formula is C17H18N2O. The molecule has 2 N–H and O–H groups in total. The van der Waals surface area contributed by atoms with Crippen molar-refractivity contribution < 1.29 is 4.74 Å². The lowest BCUT2D eigenvalue weighted by Gasteiger charge is -2.09. The summed E-state index contributed by atoms with van der Waals surface area (Å²) in [5, 5.41) is 4.67. The summed E-state index contributed by atoms with van der Waals surface area (Å²) < 4.78 is 5.26. The minimum Gasteiger partial charge on any atom is -0.497 e. The molecule has 1 aromatic heterocycles. The quantitative estimate of drug-likeness (QED) is 0.730. The highest BCUT2D eigenvalue weighted by atomic mass is 16.5. The van der Waals surface area contributed by atoms with Gasteiger partial charge in [-0.05, 0) is 36.8 Å². The molecular weight excluding hydrogens is 248 g/mol. The summed E-state index contributed by atoms with van der Waals surface area (Å²) in [6.07, 6.45) is 1.01. The van der Waals surface area contributed by atoms with Gasteiger partial charge in [0.1, 0.15) is 5.75 Å². The molecule has 0 aliphatic heterocycles. The molecule has 0 fully saturated rings. The molecule has 0 spiro atoms. The summed E-state index contributed by atoms with van der Waals surface area (Å²) in [7, 11) is 1.68. The number of hydrogen-bond acceptors (Lipinski definition) is 2. The van der Waals surface area contributed by atoms with E-state index in [4.69, 9.17) is 4.74 Å². The fraction of sp³-hybridized carbons (Fsp3) is 0.176. The minimum atomic E-state index is 0.852. The standard InChI is InChI=1S/C17H18N2O/c1-3-12-11-15-16(18-12)8-5-9-17(15)19-13-6-4-7-14(10-13)20-2/h4-11,18-19H,3H2,1-2H3. The normalized spacial score (nSPS) is 10.7. The lowest BCUT2D eigenvalue weighted by molar-refractivity contribution is 0.415. The van der Waals surface area contributed by atoms with Crippen LogP contribution in [0.25, 0.3) is 10.9 Å². The van der Waals surface area contributed by atoms with Crippen molar-refractivity contribution in [3.05, 3.63) is 54.2 Å². The first kappa shape index (κ1) is 12.6.